The van der Waals surface area contributed by atoms with Crippen molar-refractivity contribution in [1.82, 2.24) is 0 Å². The van der Waals surface area contributed by atoms with E-state index in [1.54, 1.807) is 6.07 Å². The second-order valence-corrected chi connectivity index (χ2v) is 3.92. The molecule has 2 N–H and O–H groups in total. The number of nitrogen functional groups attached to an aromatic ring is 1. The van der Waals surface area contributed by atoms with Crippen molar-refractivity contribution in [3.63, 3.8) is 0 Å². The quantitative estimate of drug-likeness (QED) is 0.811. The topological polar surface area (TPSA) is 26.0 Å². The summed E-state index contributed by atoms with van der Waals surface area (Å²) in [5.41, 5.74) is 7.31. The maximum Gasteiger partial charge on any atom is 0.137 e. The molecule has 0 aliphatic heterocycles. The first-order chi connectivity index (χ1) is 6.15. The lowest BCUT2D eigenvalue weighted by molar-refractivity contribution is 0.618. The van der Waals surface area contributed by atoms with Crippen LogP contribution in [0.3, 0.4) is 0 Å². The maximum absolute atomic E-state index is 13.1. The van der Waals surface area contributed by atoms with Crippen LogP contribution < -0.4 is 5.73 Å². The number of aryl methyl sites for hydroxylation is 1. The molecule has 0 saturated heterocycles. The lowest BCUT2D eigenvalue weighted by Crippen LogP contribution is -1.96. The minimum absolute atomic E-state index is 0.236. The molecule has 1 rings (SSSR count). The number of halogens is 2. The van der Waals surface area contributed by atoms with E-state index in [1.165, 1.54) is 6.07 Å². The molecule has 0 radical (unpaired) electrons. The second-order valence-electron chi connectivity index (χ2n) is 3.07. The van der Waals surface area contributed by atoms with Gasteiger partial charge in [-0.25, -0.2) is 4.39 Å². The zero-order chi connectivity index (χ0) is 9.84. The van der Waals surface area contributed by atoms with Gasteiger partial charge < -0.3 is 5.73 Å². The number of benzene rings is 1. The Morgan fingerprint density at radius 1 is 1.46 bits per heavy atom. The van der Waals surface area contributed by atoms with Gasteiger partial charge in [-0.1, -0.05) is 13.3 Å². The van der Waals surface area contributed by atoms with Gasteiger partial charge in [-0.15, -0.1) is 0 Å². The van der Waals surface area contributed by atoms with Crippen LogP contribution in [-0.2, 0) is 6.42 Å². The van der Waals surface area contributed by atoms with Crippen molar-refractivity contribution in [2.75, 3.05) is 5.73 Å². The molecule has 0 spiro atoms. The van der Waals surface area contributed by atoms with Crippen LogP contribution in [0, 0.1) is 5.82 Å². The fraction of sp³-hybridized carbons (Fsp3) is 0.400. The third-order valence-electron chi connectivity index (χ3n) is 1.98. The van der Waals surface area contributed by atoms with Gasteiger partial charge in [0.2, 0.25) is 0 Å². The predicted molar refractivity (Wildman–Crippen MR) is 57.1 cm³/mol. The van der Waals surface area contributed by atoms with Crippen LogP contribution in [0.25, 0.3) is 0 Å². The molecular weight excluding hydrogens is 233 g/mol. The molecule has 72 valence electrons. The highest BCUT2D eigenvalue weighted by Gasteiger charge is 2.04. The van der Waals surface area contributed by atoms with Crippen LogP contribution in [0.5, 0.6) is 0 Å². The van der Waals surface area contributed by atoms with Gasteiger partial charge in [0.25, 0.3) is 0 Å². The summed E-state index contributed by atoms with van der Waals surface area (Å²) in [6.07, 6.45) is 2.99. The summed E-state index contributed by atoms with van der Waals surface area (Å²) in [6, 6.07) is 3.13. The number of anilines is 1. The third-order valence-corrected chi connectivity index (χ3v) is 2.59. The smallest absolute Gasteiger partial charge is 0.137 e. The predicted octanol–water partition coefficient (Wildman–Crippen LogP) is 3.51. The van der Waals surface area contributed by atoms with Gasteiger partial charge in [0.1, 0.15) is 5.82 Å². The van der Waals surface area contributed by atoms with E-state index in [0.717, 1.165) is 24.8 Å². The molecule has 3 heteroatoms. The van der Waals surface area contributed by atoms with Gasteiger partial charge in [0.05, 0.1) is 4.47 Å². The maximum atomic E-state index is 13.1. The Labute approximate surface area is 86.3 Å². The highest BCUT2D eigenvalue weighted by atomic mass is 79.9. The Bertz CT molecular complexity index is 299. The summed E-state index contributed by atoms with van der Waals surface area (Å²) in [5, 5.41) is 0. The summed E-state index contributed by atoms with van der Waals surface area (Å²) in [5.74, 6) is -0.236. The number of rotatable bonds is 3. The van der Waals surface area contributed by atoms with E-state index in [0.29, 0.717) is 10.2 Å². The Morgan fingerprint density at radius 2 is 2.15 bits per heavy atom. The first-order valence-electron chi connectivity index (χ1n) is 4.38. The lowest BCUT2D eigenvalue weighted by atomic mass is 10.1. The molecule has 0 unspecified atom stereocenters. The van der Waals surface area contributed by atoms with Crippen molar-refractivity contribution in [1.29, 1.82) is 0 Å². The van der Waals surface area contributed by atoms with E-state index in [2.05, 4.69) is 22.9 Å². The largest absolute Gasteiger partial charge is 0.398 e. The van der Waals surface area contributed by atoms with Crippen molar-refractivity contribution in [2.24, 2.45) is 0 Å². The van der Waals surface area contributed by atoms with Gasteiger partial charge in [0.15, 0.2) is 0 Å². The van der Waals surface area contributed by atoms with Crippen molar-refractivity contribution < 1.29 is 4.39 Å². The fourth-order valence-corrected chi connectivity index (χ4v) is 1.55. The van der Waals surface area contributed by atoms with Gasteiger partial charge in [-0.05, 0) is 46.5 Å². The standard InChI is InChI=1S/C10H13BrFN/c1-2-3-4-7-5-9(12)8(11)6-10(7)13/h5-6H,2-4,13H2,1H3. The molecule has 0 aromatic heterocycles. The fourth-order valence-electron chi connectivity index (χ4n) is 1.19. The van der Waals surface area contributed by atoms with Crippen molar-refractivity contribution in [2.45, 2.75) is 26.2 Å². The van der Waals surface area contributed by atoms with Gasteiger partial charge in [0, 0.05) is 5.69 Å². The number of hydrogen-bond acceptors (Lipinski definition) is 1. The molecule has 1 aromatic rings. The molecule has 0 amide bonds. The van der Waals surface area contributed by atoms with Crippen LogP contribution >= 0.6 is 15.9 Å². The Balaban J connectivity index is 2.88. The minimum atomic E-state index is -0.236. The van der Waals surface area contributed by atoms with Crippen LogP contribution in [-0.4, -0.2) is 0 Å². The zero-order valence-corrected chi connectivity index (χ0v) is 9.20. The first kappa shape index (κ1) is 10.5. The van der Waals surface area contributed by atoms with Crippen LogP contribution in [0.4, 0.5) is 10.1 Å². The Hall–Kier alpha value is -0.570. The first-order valence-corrected chi connectivity index (χ1v) is 5.17. The van der Waals surface area contributed by atoms with Gasteiger partial charge in [-0.3, -0.25) is 0 Å². The van der Waals surface area contributed by atoms with E-state index in [4.69, 9.17) is 5.73 Å². The average Bonchev–Trinajstić information content (AvgIpc) is 2.09. The molecule has 0 aliphatic rings. The zero-order valence-electron chi connectivity index (χ0n) is 7.61. The van der Waals surface area contributed by atoms with Crippen LogP contribution in [0.2, 0.25) is 0 Å². The summed E-state index contributed by atoms with van der Waals surface area (Å²) in [7, 11) is 0. The normalized spacial score (nSPS) is 10.4. The number of nitrogens with two attached hydrogens (primary N) is 1. The van der Waals surface area contributed by atoms with Crippen molar-refractivity contribution in [3.05, 3.63) is 28.0 Å². The van der Waals surface area contributed by atoms with E-state index in [1.807, 2.05) is 0 Å². The highest BCUT2D eigenvalue weighted by molar-refractivity contribution is 9.10. The van der Waals surface area contributed by atoms with E-state index in [-0.39, 0.29) is 5.82 Å². The molecule has 1 nitrogen and oxygen atoms in total. The molecule has 0 atom stereocenters. The molecule has 0 heterocycles. The van der Waals surface area contributed by atoms with Crippen LogP contribution in [0.1, 0.15) is 25.3 Å². The summed E-state index contributed by atoms with van der Waals surface area (Å²) in [6.45, 7) is 2.10. The van der Waals surface area contributed by atoms with Gasteiger partial charge >= 0.3 is 0 Å². The molecule has 1 aromatic carbocycles. The number of hydrogen-bond donors (Lipinski definition) is 1. The Kier molecular flexibility index (Phi) is 3.72. The second kappa shape index (κ2) is 4.61. The lowest BCUT2D eigenvalue weighted by Gasteiger charge is -2.05. The molecule has 0 bridgehead atoms. The minimum Gasteiger partial charge on any atom is -0.398 e. The molecule has 0 saturated carbocycles. The van der Waals surface area contributed by atoms with Crippen molar-refractivity contribution in [3.8, 4) is 0 Å². The highest BCUT2D eigenvalue weighted by Crippen LogP contribution is 2.23. The van der Waals surface area contributed by atoms with E-state index in [9.17, 15) is 4.39 Å². The van der Waals surface area contributed by atoms with E-state index < -0.39 is 0 Å². The van der Waals surface area contributed by atoms with Gasteiger partial charge in [-0.2, -0.15) is 0 Å². The summed E-state index contributed by atoms with van der Waals surface area (Å²) >= 11 is 3.09. The summed E-state index contributed by atoms with van der Waals surface area (Å²) in [4.78, 5) is 0. The molecular formula is C10H13BrFN. The molecule has 0 aliphatic carbocycles. The summed E-state index contributed by atoms with van der Waals surface area (Å²) < 4.78 is 13.5. The SMILES string of the molecule is CCCCc1cc(F)c(Br)cc1N. The number of unbranched alkanes of at least 4 members (excludes halogenated alkanes) is 1. The van der Waals surface area contributed by atoms with E-state index >= 15 is 0 Å². The molecule has 0 fully saturated rings. The molecule has 13 heavy (non-hydrogen) atoms. The Morgan fingerprint density at radius 3 is 2.77 bits per heavy atom. The average molecular weight is 246 g/mol. The van der Waals surface area contributed by atoms with Crippen molar-refractivity contribution >= 4 is 21.6 Å². The third kappa shape index (κ3) is 2.69. The monoisotopic (exact) mass is 245 g/mol. The van der Waals surface area contributed by atoms with Crippen LogP contribution in [0.15, 0.2) is 16.6 Å².